The number of carbonyl (C=O) groups is 1. The first kappa shape index (κ1) is 18.8. The number of benzene rings is 1. The van der Waals surface area contributed by atoms with Crippen LogP contribution in [0.15, 0.2) is 34.1 Å². The van der Waals surface area contributed by atoms with Gasteiger partial charge in [-0.3, -0.25) is 4.79 Å². The summed E-state index contributed by atoms with van der Waals surface area (Å²) >= 11 is 0. The molecule has 0 heterocycles. The molecule has 0 aromatic heterocycles. The van der Waals surface area contributed by atoms with Gasteiger partial charge in [0, 0.05) is 6.04 Å². The predicted octanol–water partition coefficient (Wildman–Crippen LogP) is 0.659. The minimum absolute atomic E-state index is 0.0308. The van der Waals surface area contributed by atoms with Gasteiger partial charge >= 0.3 is 5.97 Å². The molecule has 134 valence electrons. The first-order chi connectivity index (χ1) is 11.2. The van der Waals surface area contributed by atoms with Crippen molar-refractivity contribution in [1.82, 2.24) is 9.44 Å². The van der Waals surface area contributed by atoms with Crippen molar-refractivity contribution in [3.8, 4) is 0 Å². The third kappa shape index (κ3) is 4.76. The van der Waals surface area contributed by atoms with Crippen molar-refractivity contribution in [3.63, 3.8) is 0 Å². The van der Waals surface area contributed by atoms with Crippen molar-refractivity contribution in [2.45, 2.75) is 54.5 Å². The van der Waals surface area contributed by atoms with E-state index in [-0.39, 0.29) is 22.3 Å². The third-order valence-corrected chi connectivity index (χ3v) is 6.54. The Morgan fingerprint density at radius 2 is 1.62 bits per heavy atom. The van der Waals surface area contributed by atoms with Gasteiger partial charge in [0.2, 0.25) is 20.0 Å². The quantitative estimate of drug-likeness (QED) is 0.580. The Hall–Kier alpha value is -1.49. The lowest BCUT2D eigenvalue weighted by Gasteiger charge is -2.14. The Kier molecular flexibility index (Phi) is 5.63. The number of aliphatic carboxylic acids is 1. The molecule has 10 heteroatoms. The number of nitrogens with one attached hydrogen (secondary N) is 2. The van der Waals surface area contributed by atoms with Crippen molar-refractivity contribution in [2.75, 3.05) is 0 Å². The summed E-state index contributed by atoms with van der Waals surface area (Å²) in [5, 5.41) is 9.04. The van der Waals surface area contributed by atoms with Crippen LogP contribution in [-0.2, 0) is 24.8 Å². The van der Waals surface area contributed by atoms with Crippen molar-refractivity contribution in [3.05, 3.63) is 24.3 Å². The Labute approximate surface area is 141 Å². The van der Waals surface area contributed by atoms with Crippen molar-refractivity contribution >= 4 is 26.0 Å². The molecule has 8 nitrogen and oxygen atoms in total. The molecule has 1 unspecified atom stereocenters. The summed E-state index contributed by atoms with van der Waals surface area (Å²) in [6, 6.07) is 3.40. The second-order valence-electron chi connectivity index (χ2n) is 5.67. The monoisotopic (exact) mass is 376 g/mol. The largest absolute Gasteiger partial charge is 0.480 e. The summed E-state index contributed by atoms with van der Waals surface area (Å²) in [6.07, 6.45) is 2.25. The van der Waals surface area contributed by atoms with Gasteiger partial charge in [-0.15, -0.1) is 0 Å². The summed E-state index contributed by atoms with van der Waals surface area (Å²) in [5.74, 6) is -1.26. The molecule has 1 aliphatic carbocycles. The van der Waals surface area contributed by atoms with Gasteiger partial charge in [-0.1, -0.05) is 13.3 Å². The van der Waals surface area contributed by atoms with Crippen LogP contribution in [0.25, 0.3) is 0 Å². The van der Waals surface area contributed by atoms with Crippen LogP contribution in [0.1, 0.15) is 32.6 Å². The van der Waals surface area contributed by atoms with Gasteiger partial charge in [0.25, 0.3) is 0 Å². The fourth-order valence-corrected chi connectivity index (χ4v) is 4.59. The zero-order valence-corrected chi connectivity index (χ0v) is 14.7. The standard InChI is InChI=1S/C14H20N2O6S2/c1-2-3-13(14(17)18)16-24(21,22)12-8-6-11(7-9-12)23(19,20)15-10-4-5-10/h6-10,13,15-16H,2-5H2,1H3,(H,17,18). The van der Waals surface area contributed by atoms with Gasteiger partial charge in [-0.05, 0) is 43.5 Å². The van der Waals surface area contributed by atoms with Crippen LogP contribution in [0.5, 0.6) is 0 Å². The van der Waals surface area contributed by atoms with E-state index in [1.165, 1.54) is 12.1 Å². The molecule has 0 bridgehead atoms. The van der Waals surface area contributed by atoms with Crippen molar-refractivity contribution < 1.29 is 26.7 Å². The van der Waals surface area contributed by atoms with E-state index in [4.69, 9.17) is 5.11 Å². The Morgan fingerprint density at radius 1 is 1.12 bits per heavy atom. The number of carboxylic acids is 1. The van der Waals surface area contributed by atoms with E-state index in [2.05, 4.69) is 9.44 Å². The van der Waals surface area contributed by atoms with E-state index >= 15 is 0 Å². The summed E-state index contributed by atoms with van der Waals surface area (Å²) < 4.78 is 53.2. The minimum Gasteiger partial charge on any atom is -0.480 e. The third-order valence-electron chi connectivity index (χ3n) is 3.52. The van der Waals surface area contributed by atoms with E-state index in [0.717, 1.165) is 25.0 Å². The minimum atomic E-state index is -4.05. The molecule has 0 amide bonds. The topological polar surface area (TPSA) is 130 Å². The first-order valence-corrected chi connectivity index (χ1v) is 10.5. The van der Waals surface area contributed by atoms with Crippen LogP contribution in [0, 0.1) is 0 Å². The fourth-order valence-electron chi connectivity index (χ4n) is 2.06. The first-order valence-electron chi connectivity index (χ1n) is 7.53. The summed E-state index contributed by atoms with van der Waals surface area (Å²) in [7, 11) is -7.71. The lowest BCUT2D eigenvalue weighted by atomic mass is 10.2. The second-order valence-corrected chi connectivity index (χ2v) is 9.10. The van der Waals surface area contributed by atoms with Crippen LogP contribution in [0.2, 0.25) is 0 Å². The Balaban J connectivity index is 2.17. The van der Waals surface area contributed by atoms with Crippen LogP contribution in [-0.4, -0.2) is 40.0 Å². The molecule has 0 saturated heterocycles. The molecule has 1 saturated carbocycles. The normalized spacial score (nSPS) is 16.7. The Bertz CT molecular complexity index is 798. The lowest BCUT2D eigenvalue weighted by Crippen LogP contribution is -2.40. The number of carboxylic acid groups (broad SMARTS) is 1. The molecular weight excluding hydrogens is 356 g/mol. The Morgan fingerprint density at radius 3 is 2.04 bits per heavy atom. The zero-order chi connectivity index (χ0) is 18.0. The number of hydrogen-bond acceptors (Lipinski definition) is 5. The average Bonchev–Trinajstić information content (AvgIpc) is 3.30. The highest BCUT2D eigenvalue weighted by molar-refractivity contribution is 7.90. The molecule has 1 aliphatic rings. The molecule has 0 aliphatic heterocycles. The average molecular weight is 376 g/mol. The van der Waals surface area contributed by atoms with Crippen LogP contribution >= 0.6 is 0 Å². The zero-order valence-electron chi connectivity index (χ0n) is 13.1. The summed E-state index contributed by atoms with van der Waals surface area (Å²) in [4.78, 5) is 10.9. The molecule has 1 atom stereocenters. The highest BCUT2D eigenvalue weighted by atomic mass is 32.2. The molecule has 0 spiro atoms. The van der Waals surface area contributed by atoms with Gasteiger partial charge in [0.05, 0.1) is 9.79 Å². The summed E-state index contributed by atoms with van der Waals surface area (Å²) in [6.45, 7) is 1.75. The van der Waals surface area contributed by atoms with Crippen LogP contribution in [0.3, 0.4) is 0 Å². The van der Waals surface area contributed by atoms with Gasteiger partial charge in [0.15, 0.2) is 0 Å². The highest BCUT2D eigenvalue weighted by Crippen LogP contribution is 2.22. The fraction of sp³-hybridized carbons (Fsp3) is 0.500. The highest BCUT2D eigenvalue weighted by Gasteiger charge is 2.29. The van der Waals surface area contributed by atoms with E-state index in [1.54, 1.807) is 6.92 Å². The van der Waals surface area contributed by atoms with E-state index < -0.39 is 32.1 Å². The number of rotatable bonds is 9. The molecule has 1 fully saturated rings. The molecule has 2 rings (SSSR count). The second kappa shape index (κ2) is 7.18. The van der Waals surface area contributed by atoms with E-state index in [9.17, 15) is 21.6 Å². The smallest absolute Gasteiger partial charge is 0.321 e. The van der Waals surface area contributed by atoms with Gasteiger partial charge < -0.3 is 5.11 Å². The molecule has 0 radical (unpaired) electrons. The molecule has 1 aromatic rings. The van der Waals surface area contributed by atoms with Crippen molar-refractivity contribution in [1.29, 1.82) is 0 Å². The van der Waals surface area contributed by atoms with Gasteiger partial charge in [-0.2, -0.15) is 4.72 Å². The maximum Gasteiger partial charge on any atom is 0.321 e. The molecule has 24 heavy (non-hydrogen) atoms. The van der Waals surface area contributed by atoms with Crippen LogP contribution in [0.4, 0.5) is 0 Å². The maximum atomic E-state index is 12.2. The lowest BCUT2D eigenvalue weighted by molar-refractivity contribution is -0.139. The number of sulfonamides is 2. The van der Waals surface area contributed by atoms with E-state index in [1.807, 2.05) is 0 Å². The molecular formula is C14H20N2O6S2. The van der Waals surface area contributed by atoms with Gasteiger partial charge in [0.1, 0.15) is 6.04 Å². The van der Waals surface area contributed by atoms with Crippen molar-refractivity contribution in [2.24, 2.45) is 0 Å². The molecule has 1 aromatic carbocycles. The maximum absolute atomic E-state index is 12.2. The molecule has 3 N–H and O–H groups in total. The van der Waals surface area contributed by atoms with E-state index in [0.29, 0.717) is 6.42 Å². The SMILES string of the molecule is CCCC(NS(=O)(=O)c1ccc(S(=O)(=O)NC2CC2)cc1)C(=O)O. The van der Waals surface area contributed by atoms with Gasteiger partial charge in [-0.25, -0.2) is 21.6 Å². The van der Waals surface area contributed by atoms with Crippen LogP contribution < -0.4 is 9.44 Å². The summed E-state index contributed by atoms with van der Waals surface area (Å²) in [5.41, 5.74) is 0. The number of hydrogen-bond donors (Lipinski definition) is 3. The predicted molar refractivity (Wildman–Crippen MR) is 86.4 cm³/mol.